The summed E-state index contributed by atoms with van der Waals surface area (Å²) in [6.45, 7) is 2.77. The number of hydrogen-bond acceptors (Lipinski definition) is 5. The minimum Gasteiger partial charge on any atom is -0.339 e. The summed E-state index contributed by atoms with van der Waals surface area (Å²) in [5, 5.41) is 4.06. The van der Waals surface area contributed by atoms with Crippen LogP contribution in [-0.2, 0) is 0 Å². The number of carbonyl (C=O) groups is 1. The van der Waals surface area contributed by atoms with Gasteiger partial charge in [-0.25, -0.2) is 0 Å². The van der Waals surface area contributed by atoms with Gasteiger partial charge in [-0.05, 0) is 44.7 Å². The second-order valence-corrected chi connectivity index (χ2v) is 6.94. The zero-order chi connectivity index (χ0) is 16.7. The zero-order valence-corrected chi connectivity index (χ0v) is 13.8. The van der Waals surface area contributed by atoms with Crippen molar-refractivity contribution in [2.24, 2.45) is 5.73 Å². The van der Waals surface area contributed by atoms with Gasteiger partial charge in [-0.1, -0.05) is 17.3 Å². The molecule has 2 aromatic rings. The summed E-state index contributed by atoms with van der Waals surface area (Å²) in [5.41, 5.74) is 7.47. The van der Waals surface area contributed by atoms with E-state index in [1.54, 1.807) is 0 Å². The molecule has 1 aromatic heterocycles. The van der Waals surface area contributed by atoms with Crippen molar-refractivity contribution in [2.75, 3.05) is 6.54 Å². The second-order valence-electron chi connectivity index (χ2n) is 6.94. The van der Waals surface area contributed by atoms with Crippen molar-refractivity contribution >= 4 is 5.91 Å². The summed E-state index contributed by atoms with van der Waals surface area (Å²) in [7, 11) is 0. The first-order valence-electron chi connectivity index (χ1n) is 8.62. The van der Waals surface area contributed by atoms with E-state index in [4.69, 9.17) is 10.3 Å². The number of amides is 1. The Bertz CT molecular complexity index is 753. The maximum atomic E-state index is 12.8. The molecule has 126 valence electrons. The molecule has 2 heterocycles. The topological polar surface area (TPSA) is 85.2 Å². The third-order valence-electron chi connectivity index (χ3n) is 4.91. The quantitative estimate of drug-likeness (QED) is 0.937. The van der Waals surface area contributed by atoms with E-state index in [0.717, 1.165) is 31.2 Å². The molecule has 1 aliphatic heterocycles. The van der Waals surface area contributed by atoms with Gasteiger partial charge in [0.25, 0.3) is 5.91 Å². The Balaban J connectivity index is 1.56. The number of nitrogens with two attached hydrogens (primary N) is 1. The van der Waals surface area contributed by atoms with E-state index in [1.165, 1.54) is 0 Å². The van der Waals surface area contributed by atoms with Gasteiger partial charge < -0.3 is 15.2 Å². The lowest BCUT2D eigenvalue weighted by Crippen LogP contribution is -2.48. The van der Waals surface area contributed by atoms with Crippen LogP contribution in [0.25, 0.3) is 11.4 Å². The van der Waals surface area contributed by atoms with Crippen molar-refractivity contribution in [1.82, 2.24) is 15.0 Å². The van der Waals surface area contributed by atoms with Gasteiger partial charge in [0, 0.05) is 35.7 Å². The van der Waals surface area contributed by atoms with Crippen LogP contribution in [0.5, 0.6) is 0 Å². The molecule has 1 saturated heterocycles. The Morgan fingerprint density at radius 1 is 1.33 bits per heavy atom. The van der Waals surface area contributed by atoms with E-state index in [1.807, 2.05) is 29.2 Å². The van der Waals surface area contributed by atoms with Crippen LogP contribution in [0.15, 0.2) is 28.8 Å². The van der Waals surface area contributed by atoms with E-state index in [2.05, 4.69) is 17.1 Å². The highest BCUT2D eigenvalue weighted by Crippen LogP contribution is 2.39. The van der Waals surface area contributed by atoms with Gasteiger partial charge in [-0.15, -0.1) is 0 Å². The van der Waals surface area contributed by atoms with Crippen LogP contribution in [-0.4, -0.2) is 39.6 Å². The molecule has 2 fully saturated rings. The minimum absolute atomic E-state index is 0.0437. The molecule has 2 aliphatic rings. The molecule has 2 atom stereocenters. The average Bonchev–Trinajstić information content (AvgIpc) is 3.31. The van der Waals surface area contributed by atoms with Crippen molar-refractivity contribution in [3.63, 3.8) is 0 Å². The van der Waals surface area contributed by atoms with Crippen molar-refractivity contribution in [3.05, 3.63) is 35.7 Å². The summed E-state index contributed by atoms with van der Waals surface area (Å²) >= 11 is 0. The number of hydrogen-bond donors (Lipinski definition) is 1. The van der Waals surface area contributed by atoms with E-state index < -0.39 is 0 Å². The molecule has 0 bridgehead atoms. The van der Waals surface area contributed by atoms with E-state index in [-0.39, 0.29) is 18.0 Å². The third-order valence-corrected chi connectivity index (χ3v) is 4.91. The first-order valence-corrected chi connectivity index (χ1v) is 8.62. The zero-order valence-electron chi connectivity index (χ0n) is 13.8. The average molecular weight is 326 g/mol. The summed E-state index contributed by atoms with van der Waals surface area (Å²) in [5.74, 6) is 1.73. The highest BCUT2D eigenvalue weighted by atomic mass is 16.5. The van der Waals surface area contributed by atoms with Crippen LogP contribution >= 0.6 is 0 Å². The fourth-order valence-corrected chi connectivity index (χ4v) is 3.32. The predicted octanol–water partition coefficient (Wildman–Crippen LogP) is 2.57. The highest BCUT2D eigenvalue weighted by Gasteiger charge is 2.30. The lowest BCUT2D eigenvalue weighted by molar-refractivity contribution is 0.0619. The molecule has 6 nitrogen and oxygen atoms in total. The Kier molecular flexibility index (Phi) is 3.84. The number of likely N-dealkylation sites (tertiary alicyclic amines) is 1. The van der Waals surface area contributed by atoms with E-state index in [9.17, 15) is 4.79 Å². The molecule has 24 heavy (non-hydrogen) atoms. The van der Waals surface area contributed by atoms with Crippen molar-refractivity contribution < 1.29 is 9.32 Å². The molecule has 1 aliphatic carbocycles. The molecule has 0 unspecified atom stereocenters. The largest absolute Gasteiger partial charge is 0.339 e. The predicted molar refractivity (Wildman–Crippen MR) is 89.4 cm³/mol. The Morgan fingerprint density at radius 3 is 2.92 bits per heavy atom. The van der Waals surface area contributed by atoms with Crippen LogP contribution in [0.3, 0.4) is 0 Å². The molecule has 6 heteroatoms. The van der Waals surface area contributed by atoms with E-state index >= 15 is 0 Å². The van der Waals surface area contributed by atoms with Gasteiger partial charge in [0.1, 0.15) is 0 Å². The van der Waals surface area contributed by atoms with Crippen LogP contribution in [0.2, 0.25) is 0 Å². The molecule has 4 rings (SSSR count). The molecule has 1 amide bonds. The lowest BCUT2D eigenvalue weighted by atomic mass is 9.98. The fraction of sp³-hybridized carbons (Fsp3) is 0.500. The highest BCUT2D eigenvalue weighted by molar-refractivity contribution is 5.95. The van der Waals surface area contributed by atoms with Gasteiger partial charge in [0.2, 0.25) is 11.7 Å². The number of carbonyl (C=O) groups excluding carboxylic acids is 1. The minimum atomic E-state index is 0.0437. The molecule has 1 saturated carbocycles. The molecule has 0 spiro atoms. The number of nitrogens with zero attached hydrogens (tertiary/aromatic N) is 3. The van der Waals surface area contributed by atoms with Gasteiger partial charge in [-0.2, -0.15) is 4.98 Å². The van der Waals surface area contributed by atoms with Gasteiger partial charge in [0.15, 0.2) is 0 Å². The maximum Gasteiger partial charge on any atom is 0.254 e. The SMILES string of the molecule is C[C@@H]1C[C@@H](N)CCN1C(=O)c1cccc(-c2noc(C3CC3)n2)c1. The van der Waals surface area contributed by atoms with E-state index in [0.29, 0.717) is 29.7 Å². The lowest BCUT2D eigenvalue weighted by Gasteiger charge is -2.36. The first kappa shape index (κ1) is 15.3. The monoisotopic (exact) mass is 326 g/mol. The van der Waals surface area contributed by atoms with Crippen LogP contribution < -0.4 is 5.73 Å². The van der Waals surface area contributed by atoms with Gasteiger partial charge >= 0.3 is 0 Å². The maximum absolute atomic E-state index is 12.8. The summed E-state index contributed by atoms with van der Waals surface area (Å²) in [6.07, 6.45) is 3.94. The summed E-state index contributed by atoms with van der Waals surface area (Å²) in [4.78, 5) is 19.2. The van der Waals surface area contributed by atoms with Crippen molar-refractivity contribution in [1.29, 1.82) is 0 Å². The molecule has 0 radical (unpaired) electrons. The molecule has 2 N–H and O–H groups in total. The summed E-state index contributed by atoms with van der Waals surface area (Å²) < 4.78 is 5.32. The Hall–Kier alpha value is -2.21. The number of rotatable bonds is 3. The fourth-order valence-electron chi connectivity index (χ4n) is 3.32. The van der Waals surface area contributed by atoms with Gasteiger partial charge in [-0.3, -0.25) is 4.79 Å². The standard InChI is InChI=1S/C18H22N4O2/c1-11-9-15(19)7-8-22(11)18(23)14-4-2-3-13(10-14)16-20-17(24-21-16)12-5-6-12/h2-4,10-12,15H,5-9,19H2,1H3/t11-,15+/m1/s1. The number of aromatic nitrogens is 2. The normalized spacial score (nSPS) is 24.2. The smallest absolute Gasteiger partial charge is 0.254 e. The molecular formula is C18H22N4O2. The third kappa shape index (κ3) is 2.94. The molecule has 1 aromatic carbocycles. The Morgan fingerprint density at radius 2 is 2.17 bits per heavy atom. The van der Waals surface area contributed by atoms with Crippen molar-refractivity contribution in [3.8, 4) is 11.4 Å². The van der Waals surface area contributed by atoms with Gasteiger partial charge in [0.05, 0.1) is 0 Å². The van der Waals surface area contributed by atoms with Crippen LogP contribution in [0.4, 0.5) is 0 Å². The number of benzene rings is 1. The Labute approximate surface area is 141 Å². The molecular weight excluding hydrogens is 304 g/mol. The van der Waals surface area contributed by atoms with Crippen LogP contribution in [0, 0.1) is 0 Å². The first-order chi connectivity index (χ1) is 11.6. The van der Waals surface area contributed by atoms with Crippen LogP contribution in [0.1, 0.15) is 54.8 Å². The summed E-state index contributed by atoms with van der Waals surface area (Å²) in [6, 6.07) is 7.83. The van der Waals surface area contributed by atoms with Crippen molar-refractivity contribution in [2.45, 2.75) is 50.6 Å². The second kappa shape index (κ2) is 6.02. The number of piperidine rings is 1.